The summed E-state index contributed by atoms with van der Waals surface area (Å²) in [6.07, 6.45) is 1.16. The number of esters is 1. The van der Waals surface area contributed by atoms with Gasteiger partial charge in [0.1, 0.15) is 6.07 Å². The van der Waals surface area contributed by atoms with E-state index in [0.29, 0.717) is 16.4 Å². The molecule has 27 heavy (non-hydrogen) atoms. The quantitative estimate of drug-likeness (QED) is 0.414. The number of nitrogens with one attached hydrogen (secondary N) is 2. The number of sulfonamides is 1. The molecular formula is C18H16ClN3O4S. The van der Waals surface area contributed by atoms with Gasteiger partial charge in [-0.2, -0.15) is 5.26 Å². The van der Waals surface area contributed by atoms with Crippen molar-refractivity contribution in [2.24, 2.45) is 0 Å². The molecule has 0 unspecified atom stereocenters. The number of carbonyl (C=O) groups excluding carboxylic acids is 1. The van der Waals surface area contributed by atoms with Crippen LogP contribution in [0.25, 0.3) is 0 Å². The van der Waals surface area contributed by atoms with Gasteiger partial charge in [0.2, 0.25) is 0 Å². The molecule has 0 saturated heterocycles. The molecule has 0 aromatic heterocycles. The van der Waals surface area contributed by atoms with E-state index in [2.05, 4.69) is 10.0 Å². The first kappa shape index (κ1) is 20.3. The minimum absolute atomic E-state index is 0.00509. The Morgan fingerprint density at radius 3 is 2.56 bits per heavy atom. The zero-order valence-corrected chi connectivity index (χ0v) is 15.8. The Kier molecular flexibility index (Phi) is 6.82. The number of halogens is 1. The lowest BCUT2D eigenvalue weighted by Crippen LogP contribution is -2.13. The summed E-state index contributed by atoms with van der Waals surface area (Å²) >= 11 is 5.79. The maximum Gasteiger partial charge on any atom is 0.350 e. The molecule has 7 nitrogen and oxygen atoms in total. The predicted octanol–water partition coefficient (Wildman–Crippen LogP) is 3.52. The molecule has 0 fully saturated rings. The molecule has 0 heterocycles. The van der Waals surface area contributed by atoms with Crippen molar-refractivity contribution in [2.45, 2.75) is 11.8 Å². The summed E-state index contributed by atoms with van der Waals surface area (Å²) in [7, 11) is -3.83. The molecule has 9 heteroatoms. The van der Waals surface area contributed by atoms with E-state index in [-0.39, 0.29) is 17.1 Å². The van der Waals surface area contributed by atoms with Crippen molar-refractivity contribution in [1.29, 1.82) is 5.26 Å². The number of benzene rings is 2. The average Bonchev–Trinajstić information content (AvgIpc) is 2.64. The van der Waals surface area contributed by atoms with Gasteiger partial charge in [0.05, 0.1) is 11.5 Å². The summed E-state index contributed by atoms with van der Waals surface area (Å²) in [6, 6.07) is 13.9. The third-order valence-electron chi connectivity index (χ3n) is 3.24. The predicted molar refractivity (Wildman–Crippen MR) is 103 cm³/mol. The Morgan fingerprint density at radius 2 is 1.93 bits per heavy atom. The van der Waals surface area contributed by atoms with Gasteiger partial charge in [-0.3, -0.25) is 4.72 Å². The smallest absolute Gasteiger partial charge is 0.350 e. The third-order valence-corrected chi connectivity index (χ3v) is 4.87. The number of ether oxygens (including phenoxy) is 1. The normalized spacial score (nSPS) is 11.4. The second-order valence-electron chi connectivity index (χ2n) is 5.17. The van der Waals surface area contributed by atoms with Gasteiger partial charge in [-0.1, -0.05) is 17.7 Å². The van der Waals surface area contributed by atoms with Crippen LogP contribution in [0.3, 0.4) is 0 Å². The van der Waals surface area contributed by atoms with E-state index in [0.717, 1.165) is 6.20 Å². The third kappa shape index (κ3) is 5.74. The van der Waals surface area contributed by atoms with Crippen molar-refractivity contribution < 1.29 is 17.9 Å². The first-order valence-corrected chi connectivity index (χ1v) is 9.64. The molecule has 0 atom stereocenters. The van der Waals surface area contributed by atoms with Crippen LogP contribution in [0.4, 0.5) is 11.4 Å². The van der Waals surface area contributed by atoms with Gasteiger partial charge >= 0.3 is 5.97 Å². The van der Waals surface area contributed by atoms with Gasteiger partial charge < -0.3 is 10.1 Å². The molecular weight excluding hydrogens is 390 g/mol. The fourth-order valence-corrected chi connectivity index (χ4v) is 3.22. The van der Waals surface area contributed by atoms with Gasteiger partial charge in [0, 0.05) is 22.6 Å². The molecule has 2 aromatic rings. The first-order chi connectivity index (χ1) is 12.9. The summed E-state index contributed by atoms with van der Waals surface area (Å²) in [5.41, 5.74) is 0.516. The standard InChI is InChI=1S/C18H16ClN3O4S/c1-2-26-18(23)13(11-20)12-21-16-4-3-5-17(10-16)27(24,25)22-15-8-6-14(19)7-9-15/h3-10,12,21-22H,2H2,1H3/b13-12+. The van der Waals surface area contributed by atoms with Crippen LogP contribution in [0, 0.1) is 11.3 Å². The first-order valence-electron chi connectivity index (χ1n) is 7.78. The van der Waals surface area contributed by atoms with E-state index in [1.165, 1.54) is 18.2 Å². The second kappa shape index (κ2) is 9.07. The van der Waals surface area contributed by atoms with Crippen LogP contribution in [0.2, 0.25) is 5.02 Å². The Bertz CT molecular complexity index is 996. The van der Waals surface area contributed by atoms with Crippen LogP contribution in [0.15, 0.2) is 65.2 Å². The summed E-state index contributed by atoms with van der Waals surface area (Å²) in [5, 5.41) is 12.2. The van der Waals surface area contributed by atoms with E-state index >= 15 is 0 Å². The molecule has 0 spiro atoms. The molecule has 0 aliphatic heterocycles. The SMILES string of the molecule is CCOC(=O)/C(C#N)=C/Nc1cccc(S(=O)(=O)Nc2ccc(Cl)cc2)c1. The highest BCUT2D eigenvalue weighted by Gasteiger charge is 2.15. The van der Waals surface area contributed by atoms with Crippen molar-refractivity contribution in [3.05, 3.63) is 65.3 Å². The van der Waals surface area contributed by atoms with Gasteiger partial charge in [-0.25, -0.2) is 13.2 Å². The fourth-order valence-electron chi connectivity index (χ4n) is 1.99. The van der Waals surface area contributed by atoms with Gasteiger partial charge in [0.25, 0.3) is 10.0 Å². The highest BCUT2D eigenvalue weighted by atomic mass is 35.5. The van der Waals surface area contributed by atoms with E-state index in [1.807, 2.05) is 0 Å². The van der Waals surface area contributed by atoms with Crippen molar-refractivity contribution in [3.8, 4) is 6.07 Å². The molecule has 0 radical (unpaired) electrons. The number of nitriles is 1. The van der Waals surface area contributed by atoms with Crippen LogP contribution in [-0.4, -0.2) is 21.0 Å². The highest BCUT2D eigenvalue weighted by Crippen LogP contribution is 2.21. The number of nitrogens with zero attached hydrogens (tertiary/aromatic N) is 1. The van der Waals surface area contributed by atoms with Crippen LogP contribution in [0.5, 0.6) is 0 Å². The molecule has 0 amide bonds. The zero-order valence-electron chi connectivity index (χ0n) is 14.3. The topological polar surface area (TPSA) is 108 Å². The Labute approximate surface area is 162 Å². The number of anilines is 2. The Morgan fingerprint density at radius 1 is 1.22 bits per heavy atom. The number of hydrogen-bond donors (Lipinski definition) is 2. The molecule has 0 aliphatic carbocycles. The van der Waals surface area contributed by atoms with Gasteiger partial charge in [0.15, 0.2) is 5.57 Å². The molecule has 0 aliphatic rings. The molecule has 2 N–H and O–H groups in total. The lowest BCUT2D eigenvalue weighted by Gasteiger charge is -2.10. The second-order valence-corrected chi connectivity index (χ2v) is 7.29. The number of carbonyl (C=O) groups is 1. The maximum atomic E-state index is 12.5. The fraction of sp³-hybridized carbons (Fsp3) is 0.111. The average molecular weight is 406 g/mol. The van der Waals surface area contributed by atoms with Crippen LogP contribution in [-0.2, 0) is 19.6 Å². The maximum absolute atomic E-state index is 12.5. The van der Waals surface area contributed by atoms with Crippen molar-refractivity contribution in [1.82, 2.24) is 0 Å². The van der Waals surface area contributed by atoms with Crippen molar-refractivity contribution >= 4 is 39.0 Å². The summed E-state index contributed by atoms with van der Waals surface area (Å²) in [5.74, 6) is -0.763. The van der Waals surface area contributed by atoms with E-state index in [4.69, 9.17) is 21.6 Å². The largest absolute Gasteiger partial charge is 0.462 e. The lowest BCUT2D eigenvalue weighted by molar-refractivity contribution is -0.138. The van der Waals surface area contributed by atoms with E-state index < -0.39 is 16.0 Å². The van der Waals surface area contributed by atoms with E-state index in [1.54, 1.807) is 43.3 Å². The Balaban J connectivity index is 2.20. The van der Waals surface area contributed by atoms with Crippen LogP contribution >= 0.6 is 11.6 Å². The molecule has 0 saturated carbocycles. The van der Waals surface area contributed by atoms with Gasteiger partial charge in [-0.05, 0) is 49.4 Å². The van der Waals surface area contributed by atoms with E-state index in [9.17, 15) is 13.2 Å². The lowest BCUT2D eigenvalue weighted by atomic mass is 10.3. The number of hydrogen-bond acceptors (Lipinski definition) is 6. The van der Waals surface area contributed by atoms with Gasteiger partial charge in [-0.15, -0.1) is 0 Å². The van der Waals surface area contributed by atoms with Crippen LogP contribution < -0.4 is 10.0 Å². The minimum atomic E-state index is -3.83. The molecule has 140 valence electrons. The van der Waals surface area contributed by atoms with Crippen LogP contribution in [0.1, 0.15) is 6.92 Å². The van der Waals surface area contributed by atoms with Crippen molar-refractivity contribution in [2.75, 3.05) is 16.6 Å². The summed E-state index contributed by atoms with van der Waals surface area (Å²) in [4.78, 5) is 11.6. The molecule has 0 bridgehead atoms. The Hall–Kier alpha value is -3.02. The molecule has 2 rings (SSSR count). The monoisotopic (exact) mass is 405 g/mol. The number of rotatable bonds is 7. The summed E-state index contributed by atoms with van der Waals surface area (Å²) < 4.78 is 32.2. The summed E-state index contributed by atoms with van der Waals surface area (Å²) in [6.45, 7) is 1.77. The zero-order chi connectivity index (χ0) is 19.9. The highest BCUT2D eigenvalue weighted by molar-refractivity contribution is 7.92. The molecule has 2 aromatic carbocycles. The minimum Gasteiger partial charge on any atom is -0.462 e. The van der Waals surface area contributed by atoms with Crippen molar-refractivity contribution in [3.63, 3.8) is 0 Å².